The zero-order valence-electron chi connectivity index (χ0n) is 16.3. The van der Waals surface area contributed by atoms with E-state index in [1.54, 1.807) is 0 Å². The fraction of sp³-hybridized carbons (Fsp3) is 0.158. The van der Waals surface area contributed by atoms with Crippen LogP contribution in [0.15, 0.2) is 53.1 Å². The molecule has 164 valence electrons. The number of tetrazole rings is 1. The number of phenols is 1. The summed E-state index contributed by atoms with van der Waals surface area (Å²) in [6.07, 6.45) is 1.96. The average Bonchev–Trinajstić information content (AvgIpc) is 3.26. The zero-order valence-corrected chi connectivity index (χ0v) is 16.3. The SMILES string of the molecule is COC(=O)C1=C(Cn2ncnn2)NC(c2ncc(F)cc2F)=NC1c1ccc(F)cc1O. The van der Waals surface area contributed by atoms with Gasteiger partial charge in [-0.25, -0.2) is 22.9 Å². The van der Waals surface area contributed by atoms with Crippen LogP contribution in [0, 0.1) is 17.5 Å². The smallest absolute Gasteiger partial charge is 0.338 e. The number of carbonyl (C=O) groups excluding carboxylic acids is 1. The number of allylic oxidation sites excluding steroid dienone is 1. The lowest BCUT2D eigenvalue weighted by atomic mass is 9.94. The van der Waals surface area contributed by atoms with Crippen molar-refractivity contribution in [1.82, 2.24) is 30.5 Å². The van der Waals surface area contributed by atoms with Crippen LogP contribution in [0.2, 0.25) is 0 Å². The van der Waals surface area contributed by atoms with Crippen molar-refractivity contribution in [3.63, 3.8) is 0 Å². The number of nitrogens with one attached hydrogen (secondary N) is 1. The van der Waals surface area contributed by atoms with E-state index in [2.05, 4.69) is 30.7 Å². The number of aromatic nitrogens is 5. The van der Waals surface area contributed by atoms with Crippen LogP contribution in [-0.2, 0) is 16.1 Å². The van der Waals surface area contributed by atoms with Crippen LogP contribution in [0.5, 0.6) is 5.75 Å². The predicted octanol–water partition coefficient (Wildman–Crippen LogP) is 1.41. The van der Waals surface area contributed by atoms with E-state index in [4.69, 9.17) is 4.74 Å². The first-order valence-corrected chi connectivity index (χ1v) is 9.04. The molecule has 32 heavy (non-hydrogen) atoms. The van der Waals surface area contributed by atoms with Gasteiger partial charge in [0.05, 0.1) is 24.6 Å². The van der Waals surface area contributed by atoms with E-state index >= 15 is 0 Å². The summed E-state index contributed by atoms with van der Waals surface area (Å²) in [5, 5.41) is 24.3. The molecular weight excluding hydrogens is 431 g/mol. The zero-order chi connectivity index (χ0) is 22.8. The first-order valence-electron chi connectivity index (χ1n) is 9.04. The molecule has 0 spiro atoms. The number of methoxy groups -OCH3 is 1. The highest BCUT2D eigenvalue weighted by atomic mass is 19.1. The molecule has 1 aliphatic rings. The predicted molar refractivity (Wildman–Crippen MR) is 101 cm³/mol. The molecule has 13 heteroatoms. The van der Waals surface area contributed by atoms with Gasteiger partial charge in [0.25, 0.3) is 0 Å². The topological polar surface area (TPSA) is 127 Å². The normalized spacial score (nSPS) is 15.9. The minimum absolute atomic E-state index is 0.0392. The van der Waals surface area contributed by atoms with Crippen LogP contribution in [0.4, 0.5) is 13.2 Å². The molecule has 0 saturated carbocycles. The Kier molecular flexibility index (Phi) is 5.54. The molecule has 2 aromatic heterocycles. The average molecular weight is 445 g/mol. The van der Waals surface area contributed by atoms with Crippen LogP contribution in [0.1, 0.15) is 17.3 Å². The van der Waals surface area contributed by atoms with Gasteiger partial charge in [-0.1, -0.05) is 0 Å². The molecule has 2 N–H and O–H groups in total. The Hall–Kier alpha value is -4.29. The van der Waals surface area contributed by atoms with Crippen LogP contribution in [-0.4, -0.2) is 49.2 Å². The number of aliphatic imine (C=N–C) groups is 1. The van der Waals surface area contributed by atoms with Crippen molar-refractivity contribution in [2.75, 3.05) is 7.11 Å². The number of amidine groups is 1. The summed E-state index contributed by atoms with van der Waals surface area (Å²) in [7, 11) is 1.14. The van der Waals surface area contributed by atoms with Gasteiger partial charge in [-0.15, -0.1) is 10.2 Å². The molecule has 0 saturated heterocycles. The molecule has 0 radical (unpaired) electrons. The number of rotatable bonds is 5. The van der Waals surface area contributed by atoms with Gasteiger partial charge in [0.15, 0.2) is 18.0 Å². The number of benzene rings is 1. The molecular formula is C19H14F3N7O3. The first-order chi connectivity index (χ1) is 15.4. The molecule has 1 atom stereocenters. The lowest BCUT2D eigenvalue weighted by Gasteiger charge is -2.27. The minimum atomic E-state index is -1.25. The lowest BCUT2D eigenvalue weighted by molar-refractivity contribution is -0.136. The Morgan fingerprint density at radius 3 is 2.72 bits per heavy atom. The quantitative estimate of drug-likeness (QED) is 0.565. The molecule has 3 heterocycles. The highest BCUT2D eigenvalue weighted by molar-refractivity contribution is 6.02. The third-order valence-corrected chi connectivity index (χ3v) is 4.54. The number of pyridine rings is 1. The number of carbonyl (C=O) groups is 1. The van der Waals surface area contributed by atoms with Crippen LogP contribution in [0.3, 0.4) is 0 Å². The van der Waals surface area contributed by atoms with E-state index in [0.29, 0.717) is 6.07 Å². The fourth-order valence-electron chi connectivity index (χ4n) is 3.16. The molecule has 1 aliphatic heterocycles. The third kappa shape index (κ3) is 3.99. The summed E-state index contributed by atoms with van der Waals surface area (Å²) < 4.78 is 46.2. The van der Waals surface area contributed by atoms with Gasteiger partial charge in [0.1, 0.15) is 35.7 Å². The molecule has 0 bridgehead atoms. The van der Waals surface area contributed by atoms with Gasteiger partial charge in [-0.2, -0.15) is 4.80 Å². The van der Waals surface area contributed by atoms with Gasteiger partial charge in [0, 0.05) is 17.7 Å². The van der Waals surface area contributed by atoms with E-state index in [-0.39, 0.29) is 34.9 Å². The third-order valence-electron chi connectivity index (χ3n) is 4.54. The summed E-state index contributed by atoms with van der Waals surface area (Å²) in [6.45, 7) is -0.148. The number of hydrogen-bond donors (Lipinski definition) is 2. The molecule has 1 aromatic carbocycles. The van der Waals surface area contributed by atoms with Crippen LogP contribution < -0.4 is 5.32 Å². The minimum Gasteiger partial charge on any atom is -0.507 e. The molecule has 0 fully saturated rings. The Bertz CT molecular complexity index is 1240. The van der Waals surface area contributed by atoms with Crippen molar-refractivity contribution in [2.24, 2.45) is 4.99 Å². The van der Waals surface area contributed by atoms with E-state index in [9.17, 15) is 23.1 Å². The molecule has 10 nitrogen and oxygen atoms in total. The number of ether oxygens (including phenoxy) is 1. The largest absolute Gasteiger partial charge is 0.507 e. The van der Waals surface area contributed by atoms with E-state index in [1.807, 2.05) is 0 Å². The second-order valence-electron chi connectivity index (χ2n) is 6.54. The Morgan fingerprint density at radius 1 is 1.25 bits per heavy atom. The second-order valence-corrected chi connectivity index (χ2v) is 6.54. The maximum atomic E-state index is 14.5. The second kappa shape index (κ2) is 8.45. The molecule has 4 rings (SSSR count). The Morgan fingerprint density at radius 2 is 2.06 bits per heavy atom. The highest BCUT2D eigenvalue weighted by Crippen LogP contribution is 2.37. The maximum absolute atomic E-state index is 14.5. The van der Waals surface area contributed by atoms with Gasteiger partial charge in [0.2, 0.25) is 0 Å². The molecule has 3 aromatic rings. The molecule has 1 unspecified atom stereocenters. The first kappa shape index (κ1) is 21.0. The number of aromatic hydroxyl groups is 1. The number of esters is 1. The monoisotopic (exact) mass is 445 g/mol. The van der Waals surface area contributed by atoms with Crippen LogP contribution >= 0.6 is 0 Å². The van der Waals surface area contributed by atoms with Crippen molar-refractivity contribution in [1.29, 1.82) is 0 Å². The van der Waals surface area contributed by atoms with Gasteiger partial charge >= 0.3 is 5.97 Å². The van der Waals surface area contributed by atoms with Crippen molar-refractivity contribution in [2.45, 2.75) is 12.6 Å². The van der Waals surface area contributed by atoms with Gasteiger partial charge in [-0.3, -0.25) is 4.99 Å². The van der Waals surface area contributed by atoms with Crippen molar-refractivity contribution >= 4 is 11.8 Å². The number of hydrogen-bond acceptors (Lipinski definition) is 9. The van der Waals surface area contributed by atoms with Crippen molar-refractivity contribution < 1.29 is 27.8 Å². The lowest BCUT2D eigenvalue weighted by Crippen LogP contribution is -2.36. The van der Waals surface area contributed by atoms with Crippen molar-refractivity contribution in [3.05, 3.63) is 76.8 Å². The van der Waals surface area contributed by atoms with E-state index in [1.165, 1.54) is 12.4 Å². The fourth-order valence-corrected chi connectivity index (χ4v) is 3.16. The summed E-state index contributed by atoms with van der Waals surface area (Å²) in [5.41, 5.74) is -0.250. The Labute approximate surface area is 178 Å². The number of nitrogens with zero attached hydrogens (tertiary/aromatic N) is 6. The summed E-state index contributed by atoms with van der Waals surface area (Å²) in [4.78, 5) is 21.8. The van der Waals surface area contributed by atoms with Crippen molar-refractivity contribution in [3.8, 4) is 5.75 Å². The summed E-state index contributed by atoms with van der Waals surface area (Å²) in [6, 6.07) is 2.51. The van der Waals surface area contributed by atoms with Gasteiger partial charge < -0.3 is 15.2 Å². The number of phenolic OH excluding ortho intramolecular Hbond substituents is 1. The van der Waals surface area contributed by atoms with Crippen LogP contribution in [0.25, 0.3) is 0 Å². The van der Waals surface area contributed by atoms with E-state index in [0.717, 1.165) is 30.2 Å². The maximum Gasteiger partial charge on any atom is 0.338 e. The van der Waals surface area contributed by atoms with E-state index < -0.39 is 35.2 Å². The molecule has 0 amide bonds. The summed E-state index contributed by atoms with van der Waals surface area (Å²) in [5.74, 6) is -4.11. The summed E-state index contributed by atoms with van der Waals surface area (Å²) >= 11 is 0. The van der Waals surface area contributed by atoms with Gasteiger partial charge in [-0.05, 0) is 17.3 Å². The Balaban J connectivity index is 1.91. The molecule has 0 aliphatic carbocycles. The standard InChI is InChI=1S/C19H14F3N7O3/c1-32-19(31)15-13(7-29-25-8-24-28-29)26-18(17-12(22)4-10(21)6-23-17)27-16(15)11-3-2-9(20)5-14(11)30/h2-6,8,16,30H,7H2,1H3,(H,26,27). The highest BCUT2D eigenvalue weighted by Gasteiger charge is 2.34. The number of halogens is 3.